The predicted molar refractivity (Wildman–Crippen MR) is 92.4 cm³/mol. The number of fused-ring (bicyclic) bond motifs is 2. The summed E-state index contributed by atoms with van der Waals surface area (Å²) in [7, 11) is 2.32. The summed E-state index contributed by atoms with van der Waals surface area (Å²) < 4.78 is 0. The van der Waals surface area contributed by atoms with Gasteiger partial charge in [-0.05, 0) is 49.5 Å². The first-order valence-corrected chi connectivity index (χ1v) is 8.66. The number of aromatic nitrogens is 1. The normalized spacial score (nSPS) is 28.3. The number of hydrogen-bond donors (Lipinski definition) is 2. The first-order valence-electron chi connectivity index (χ1n) is 8.66. The molecule has 22 heavy (non-hydrogen) atoms. The van der Waals surface area contributed by atoms with Crippen LogP contribution in [0.1, 0.15) is 37.3 Å². The molecule has 0 spiro atoms. The Morgan fingerprint density at radius 3 is 3.05 bits per heavy atom. The zero-order chi connectivity index (χ0) is 15.3. The van der Waals surface area contributed by atoms with Crippen LogP contribution in [0.25, 0.3) is 10.9 Å². The first-order chi connectivity index (χ1) is 10.6. The fourth-order valence-electron chi connectivity index (χ4n) is 4.60. The highest BCUT2D eigenvalue weighted by molar-refractivity contribution is 5.88. The Labute approximate surface area is 133 Å². The van der Waals surface area contributed by atoms with Gasteiger partial charge in [0, 0.05) is 41.6 Å². The van der Waals surface area contributed by atoms with Crippen molar-refractivity contribution < 1.29 is 0 Å². The van der Waals surface area contributed by atoms with Crippen molar-refractivity contribution in [2.24, 2.45) is 5.92 Å². The molecule has 1 aromatic heterocycles. The molecule has 0 amide bonds. The van der Waals surface area contributed by atoms with E-state index in [1.165, 1.54) is 35.9 Å². The molecule has 2 heterocycles. The predicted octanol–water partition coefficient (Wildman–Crippen LogP) is 3.13. The fraction of sp³-hybridized carbons (Fsp3) is 0.579. The minimum atomic E-state index is 0.578. The Bertz CT molecular complexity index is 672. The van der Waals surface area contributed by atoms with Crippen molar-refractivity contribution in [1.82, 2.24) is 15.2 Å². The van der Waals surface area contributed by atoms with Crippen LogP contribution in [-0.4, -0.2) is 42.1 Å². The molecule has 1 aromatic carbocycles. The van der Waals surface area contributed by atoms with Crippen molar-refractivity contribution in [2.75, 3.05) is 20.1 Å². The van der Waals surface area contributed by atoms with E-state index in [0.717, 1.165) is 12.5 Å². The molecule has 3 heteroatoms. The first kappa shape index (κ1) is 14.3. The number of likely N-dealkylation sites (tertiary alicyclic amines) is 1. The molecule has 4 rings (SSSR count). The van der Waals surface area contributed by atoms with Crippen molar-refractivity contribution in [3.8, 4) is 0 Å². The van der Waals surface area contributed by atoms with Gasteiger partial charge >= 0.3 is 0 Å². The molecule has 1 aliphatic heterocycles. The van der Waals surface area contributed by atoms with E-state index in [2.05, 4.69) is 60.5 Å². The monoisotopic (exact) mass is 297 g/mol. The SMILES string of the molecule is CC(C)NCC1CC2c3cccc4[nH]cc(c34)CC2N(C)C1. The van der Waals surface area contributed by atoms with Gasteiger partial charge in [-0.3, -0.25) is 0 Å². The largest absolute Gasteiger partial charge is 0.361 e. The number of benzene rings is 1. The van der Waals surface area contributed by atoms with E-state index in [1.54, 1.807) is 5.56 Å². The highest BCUT2D eigenvalue weighted by atomic mass is 15.2. The number of H-pyrrole nitrogens is 1. The molecule has 3 nitrogen and oxygen atoms in total. The van der Waals surface area contributed by atoms with Crippen molar-refractivity contribution in [1.29, 1.82) is 0 Å². The topological polar surface area (TPSA) is 31.1 Å². The van der Waals surface area contributed by atoms with Crippen LogP contribution >= 0.6 is 0 Å². The van der Waals surface area contributed by atoms with Crippen LogP contribution in [0.3, 0.4) is 0 Å². The van der Waals surface area contributed by atoms with E-state index in [-0.39, 0.29) is 0 Å². The van der Waals surface area contributed by atoms with Crippen molar-refractivity contribution in [2.45, 2.75) is 44.7 Å². The van der Waals surface area contributed by atoms with E-state index >= 15 is 0 Å². The Balaban J connectivity index is 1.66. The molecule has 2 aliphatic rings. The molecule has 1 fully saturated rings. The second-order valence-electron chi connectivity index (χ2n) is 7.57. The van der Waals surface area contributed by atoms with Crippen molar-refractivity contribution in [3.63, 3.8) is 0 Å². The number of likely N-dealkylation sites (N-methyl/N-ethyl adjacent to an activating group) is 1. The molecular formula is C19H27N3. The number of hydrogen-bond acceptors (Lipinski definition) is 2. The summed E-state index contributed by atoms with van der Waals surface area (Å²) in [5.41, 5.74) is 4.40. The van der Waals surface area contributed by atoms with E-state index in [9.17, 15) is 0 Å². The second-order valence-corrected chi connectivity index (χ2v) is 7.57. The van der Waals surface area contributed by atoms with Crippen molar-refractivity contribution in [3.05, 3.63) is 35.5 Å². The molecule has 3 atom stereocenters. The van der Waals surface area contributed by atoms with Crippen LogP contribution in [-0.2, 0) is 6.42 Å². The van der Waals surface area contributed by atoms with Gasteiger partial charge in [0.05, 0.1) is 0 Å². The van der Waals surface area contributed by atoms with E-state index in [1.807, 2.05) is 0 Å². The average molecular weight is 297 g/mol. The van der Waals surface area contributed by atoms with Crippen molar-refractivity contribution >= 4 is 10.9 Å². The number of nitrogens with zero attached hydrogens (tertiary/aromatic N) is 1. The Kier molecular flexibility index (Phi) is 3.50. The zero-order valence-corrected chi connectivity index (χ0v) is 13.9. The van der Waals surface area contributed by atoms with Crippen LogP contribution in [0, 0.1) is 5.92 Å². The fourth-order valence-corrected chi connectivity index (χ4v) is 4.60. The van der Waals surface area contributed by atoms with E-state index in [4.69, 9.17) is 0 Å². The maximum absolute atomic E-state index is 3.64. The Morgan fingerprint density at radius 2 is 2.23 bits per heavy atom. The number of rotatable bonds is 3. The Hall–Kier alpha value is -1.32. The summed E-state index contributed by atoms with van der Waals surface area (Å²) in [5.74, 6) is 1.44. The van der Waals surface area contributed by atoms with E-state index in [0.29, 0.717) is 18.0 Å². The molecule has 0 bridgehead atoms. The highest BCUT2D eigenvalue weighted by Crippen LogP contribution is 2.44. The van der Waals surface area contributed by atoms with Gasteiger partial charge < -0.3 is 15.2 Å². The molecule has 0 saturated carbocycles. The van der Waals surface area contributed by atoms with Crippen LogP contribution in [0.5, 0.6) is 0 Å². The molecule has 3 unspecified atom stereocenters. The minimum Gasteiger partial charge on any atom is -0.361 e. The third kappa shape index (κ3) is 2.27. The second kappa shape index (κ2) is 5.39. The lowest BCUT2D eigenvalue weighted by Crippen LogP contribution is -2.50. The molecule has 1 saturated heterocycles. The highest BCUT2D eigenvalue weighted by Gasteiger charge is 2.39. The van der Waals surface area contributed by atoms with Crippen LogP contribution in [0.2, 0.25) is 0 Å². The van der Waals surface area contributed by atoms with Gasteiger partial charge in [0.15, 0.2) is 0 Å². The van der Waals surface area contributed by atoms with Crippen LogP contribution < -0.4 is 5.32 Å². The summed E-state index contributed by atoms with van der Waals surface area (Å²) in [6.45, 7) is 6.84. The summed E-state index contributed by atoms with van der Waals surface area (Å²) >= 11 is 0. The maximum atomic E-state index is 3.64. The summed E-state index contributed by atoms with van der Waals surface area (Å²) in [4.78, 5) is 6.07. The molecule has 1 aliphatic carbocycles. The lowest BCUT2D eigenvalue weighted by atomic mass is 9.72. The zero-order valence-electron chi connectivity index (χ0n) is 13.9. The number of piperidine rings is 1. The van der Waals surface area contributed by atoms with Gasteiger partial charge in [0.2, 0.25) is 0 Å². The Morgan fingerprint density at radius 1 is 1.36 bits per heavy atom. The third-order valence-electron chi connectivity index (χ3n) is 5.63. The molecule has 0 radical (unpaired) electrons. The van der Waals surface area contributed by atoms with Gasteiger partial charge in [0.1, 0.15) is 0 Å². The van der Waals surface area contributed by atoms with Gasteiger partial charge in [-0.2, -0.15) is 0 Å². The average Bonchev–Trinajstić information content (AvgIpc) is 2.91. The smallest absolute Gasteiger partial charge is 0.0459 e. The molecular weight excluding hydrogens is 270 g/mol. The number of aromatic amines is 1. The standard InChI is InChI=1S/C19H27N3/c1-12(2)20-9-13-7-16-15-5-4-6-17-19(15)14(10-21-17)8-18(16)22(3)11-13/h4-6,10,12-13,16,18,20-21H,7-9,11H2,1-3H3. The van der Waals surface area contributed by atoms with E-state index < -0.39 is 0 Å². The van der Waals surface area contributed by atoms with Crippen LogP contribution in [0.15, 0.2) is 24.4 Å². The van der Waals surface area contributed by atoms with Gasteiger partial charge in [-0.1, -0.05) is 26.0 Å². The van der Waals surface area contributed by atoms with Gasteiger partial charge in [-0.15, -0.1) is 0 Å². The quantitative estimate of drug-likeness (QED) is 0.912. The summed E-state index contributed by atoms with van der Waals surface area (Å²) in [6, 6.07) is 8.05. The summed E-state index contributed by atoms with van der Waals surface area (Å²) in [6.07, 6.45) is 4.74. The summed E-state index contributed by atoms with van der Waals surface area (Å²) in [5, 5.41) is 5.15. The molecule has 2 N–H and O–H groups in total. The van der Waals surface area contributed by atoms with Gasteiger partial charge in [-0.25, -0.2) is 0 Å². The van der Waals surface area contributed by atoms with Gasteiger partial charge in [0.25, 0.3) is 0 Å². The molecule has 2 aromatic rings. The van der Waals surface area contributed by atoms with Crippen LogP contribution in [0.4, 0.5) is 0 Å². The lowest BCUT2D eigenvalue weighted by molar-refractivity contribution is 0.110. The molecule has 118 valence electrons. The maximum Gasteiger partial charge on any atom is 0.0459 e. The number of nitrogens with one attached hydrogen (secondary N) is 2. The lowest BCUT2D eigenvalue weighted by Gasteiger charge is -2.45. The minimum absolute atomic E-state index is 0.578. The third-order valence-corrected chi connectivity index (χ3v) is 5.63.